The number of carbonyl (C=O) groups excluding carboxylic acids is 1. The Kier molecular flexibility index (Phi) is 4.87. The minimum atomic E-state index is -0.903. The zero-order chi connectivity index (χ0) is 16.3. The lowest BCUT2D eigenvalue weighted by atomic mass is 10.1. The van der Waals surface area contributed by atoms with E-state index < -0.39 is 17.7 Å². The number of aromatic amines is 1. The van der Waals surface area contributed by atoms with Crippen molar-refractivity contribution in [1.82, 2.24) is 15.5 Å². The fraction of sp³-hybridized carbons (Fsp3) is 0.333. The molecule has 1 heterocycles. The molecule has 2 rings (SSSR count). The second-order valence-corrected chi connectivity index (χ2v) is 5.10. The van der Waals surface area contributed by atoms with E-state index in [1.165, 1.54) is 12.1 Å². The number of rotatable bonds is 5. The van der Waals surface area contributed by atoms with Gasteiger partial charge in [-0.2, -0.15) is 5.10 Å². The van der Waals surface area contributed by atoms with Crippen LogP contribution in [0.5, 0.6) is 0 Å². The summed E-state index contributed by atoms with van der Waals surface area (Å²) in [5, 5.41) is 12.3. The van der Waals surface area contributed by atoms with E-state index in [4.69, 9.17) is 0 Å². The quantitative estimate of drug-likeness (QED) is 0.795. The molecule has 0 aliphatic heterocycles. The standard InChI is InChI=1S/C15H18F2N4O/c1-8(11-5-4-6-12(16)14(11)17)18-7-13(22)19-15-9(2)20-21-10(15)3/h4-6,8,18H,7H2,1-3H3,(H,19,22)(H,20,21)/t8-/m0/s1. The van der Waals surface area contributed by atoms with Crippen LogP contribution in [0.2, 0.25) is 0 Å². The van der Waals surface area contributed by atoms with E-state index in [1.54, 1.807) is 20.8 Å². The summed E-state index contributed by atoms with van der Waals surface area (Å²) in [4.78, 5) is 11.9. The van der Waals surface area contributed by atoms with Gasteiger partial charge in [-0.3, -0.25) is 9.89 Å². The van der Waals surface area contributed by atoms with Gasteiger partial charge in [-0.15, -0.1) is 0 Å². The third kappa shape index (κ3) is 3.48. The maximum absolute atomic E-state index is 13.7. The number of hydrogen-bond donors (Lipinski definition) is 3. The van der Waals surface area contributed by atoms with Crippen LogP contribution in [0.25, 0.3) is 0 Å². The number of nitrogens with zero attached hydrogens (tertiary/aromatic N) is 1. The lowest BCUT2D eigenvalue weighted by Crippen LogP contribution is -2.30. The Morgan fingerprint density at radius 3 is 2.73 bits per heavy atom. The number of aryl methyl sites for hydroxylation is 2. The van der Waals surface area contributed by atoms with Crippen molar-refractivity contribution in [2.24, 2.45) is 0 Å². The second kappa shape index (κ2) is 6.65. The van der Waals surface area contributed by atoms with E-state index in [9.17, 15) is 13.6 Å². The third-order valence-corrected chi connectivity index (χ3v) is 3.41. The first-order valence-corrected chi connectivity index (χ1v) is 6.89. The first kappa shape index (κ1) is 16.1. The van der Waals surface area contributed by atoms with Crippen molar-refractivity contribution in [2.45, 2.75) is 26.8 Å². The van der Waals surface area contributed by atoms with Crippen LogP contribution in [-0.2, 0) is 4.79 Å². The predicted molar refractivity (Wildman–Crippen MR) is 79.5 cm³/mol. The zero-order valence-electron chi connectivity index (χ0n) is 12.6. The molecule has 7 heteroatoms. The molecule has 118 valence electrons. The van der Waals surface area contributed by atoms with Crippen molar-refractivity contribution in [2.75, 3.05) is 11.9 Å². The molecule has 0 spiro atoms. The van der Waals surface area contributed by atoms with Gasteiger partial charge in [0.15, 0.2) is 11.6 Å². The van der Waals surface area contributed by atoms with Gasteiger partial charge in [0.05, 0.1) is 23.6 Å². The molecule has 5 nitrogen and oxygen atoms in total. The molecule has 3 N–H and O–H groups in total. The largest absolute Gasteiger partial charge is 0.322 e. The number of nitrogens with one attached hydrogen (secondary N) is 3. The van der Waals surface area contributed by atoms with Crippen LogP contribution in [0.1, 0.15) is 29.9 Å². The van der Waals surface area contributed by atoms with E-state index in [1.807, 2.05) is 0 Å². The van der Waals surface area contributed by atoms with Crippen molar-refractivity contribution in [3.8, 4) is 0 Å². The first-order valence-electron chi connectivity index (χ1n) is 6.89. The topological polar surface area (TPSA) is 69.8 Å². The van der Waals surface area contributed by atoms with Gasteiger partial charge in [-0.05, 0) is 26.8 Å². The fourth-order valence-electron chi connectivity index (χ4n) is 2.13. The van der Waals surface area contributed by atoms with Gasteiger partial charge in [-0.1, -0.05) is 12.1 Å². The van der Waals surface area contributed by atoms with Crippen molar-refractivity contribution in [1.29, 1.82) is 0 Å². The molecule has 1 amide bonds. The van der Waals surface area contributed by atoms with Crippen molar-refractivity contribution < 1.29 is 13.6 Å². The second-order valence-electron chi connectivity index (χ2n) is 5.10. The summed E-state index contributed by atoms with van der Waals surface area (Å²) in [6, 6.07) is 3.48. The monoisotopic (exact) mass is 308 g/mol. The smallest absolute Gasteiger partial charge is 0.238 e. The molecule has 1 aromatic heterocycles. The van der Waals surface area contributed by atoms with Gasteiger partial charge >= 0.3 is 0 Å². The molecule has 0 unspecified atom stereocenters. The van der Waals surface area contributed by atoms with Crippen LogP contribution in [0, 0.1) is 25.5 Å². The number of hydrogen-bond acceptors (Lipinski definition) is 3. The van der Waals surface area contributed by atoms with Gasteiger partial charge in [0.1, 0.15) is 0 Å². The lowest BCUT2D eigenvalue weighted by molar-refractivity contribution is -0.115. The van der Waals surface area contributed by atoms with Crippen LogP contribution >= 0.6 is 0 Å². The highest BCUT2D eigenvalue weighted by molar-refractivity contribution is 5.93. The fourth-order valence-corrected chi connectivity index (χ4v) is 2.13. The number of benzene rings is 1. The predicted octanol–water partition coefficient (Wildman–Crippen LogP) is 2.59. The number of anilines is 1. The van der Waals surface area contributed by atoms with Crippen LogP contribution in [-0.4, -0.2) is 22.6 Å². The molecule has 22 heavy (non-hydrogen) atoms. The molecule has 0 aliphatic carbocycles. The highest BCUT2D eigenvalue weighted by atomic mass is 19.2. The van der Waals surface area contributed by atoms with Gasteiger partial charge in [0.2, 0.25) is 5.91 Å². The van der Waals surface area contributed by atoms with Crippen LogP contribution in [0.15, 0.2) is 18.2 Å². The third-order valence-electron chi connectivity index (χ3n) is 3.41. The highest BCUT2D eigenvalue weighted by Gasteiger charge is 2.16. The molecular weight excluding hydrogens is 290 g/mol. The Balaban J connectivity index is 1.95. The number of aromatic nitrogens is 2. The molecule has 1 aromatic carbocycles. The Labute approximate surface area is 127 Å². The number of halogens is 2. The lowest BCUT2D eigenvalue weighted by Gasteiger charge is -2.15. The van der Waals surface area contributed by atoms with E-state index in [-0.39, 0.29) is 18.0 Å². The van der Waals surface area contributed by atoms with Gasteiger partial charge < -0.3 is 10.6 Å². The zero-order valence-corrected chi connectivity index (χ0v) is 12.6. The van der Waals surface area contributed by atoms with Gasteiger partial charge in [0.25, 0.3) is 0 Å². The van der Waals surface area contributed by atoms with Crippen LogP contribution in [0.3, 0.4) is 0 Å². The number of amides is 1. The summed E-state index contributed by atoms with van der Waals surface area (Å²) in [6.45, 7) is 5.21. The molecule has 0 saturated heterocycles. The molecule has 2 aromatic rings. The van der Waals surface area contributed by atoms with Gasteiger partial charge in [-0.25, -0.2) is 8.78 Å². The summed E-state index contributed by atoms with van der Waals surface area (Å²) in [5.74, 6) is -2.08. The first-order chi connectivity index (χ1) is 10.4. The number of carbonyl (C=O) groups is 1. The summed E-state index contributed by atoms with van der Waals surface area (Å²) >= 11 is 0. The molecule has 0 radical (unpaired) electrons. The van der Waals surface area contributed by atoms with Gasteiger partial charge in [0, 0.05) is 11.6 Å². The average molecular weight is 308 g/mol. The van der Waals surface area contributed by atoms with E-state index in [2.05, 4.69) is 20.8 Å². The molecule has 0 bridgehead atoms. The highest BCUT2D eigenvalue weighted by Crippen LogP contribution is 2.19. The maximum atomic E-state index is 13.7. The summed E-state index contributed by atoms with van der Waals surface area (Å²) < 4.78 is 26.8. The summed E-state index contributed by atoms with van der Waals surface area (Å²) in [5.41, 5.74) is 2.27. The van der Waals surface area contributed by atoms with Crippen molar-refractivity contribution >= 4 is 11.6 Å². The Bertz CT molecular complexity index is 665. The van der Waals surface area contributed by atoms with Crippen LogP contribution in [0.4, 0.5) is 14.5 Å². The summed E-state index contributed by atoms with van der Waals surface area (Å²) in [6.07, 6.45) is 0. The Morgan fingerprint density at radius 1 is 1.36 bits per heavy atom. The SMILES string of the molecule is Cc1n[nH]c(C)c1NC(=O)CN[C@@H](C)c1cccc(F)c1F. The maximum Gasteiger partial charge on any atom is 0.238 e. The Morgan fingerprint density at radius 2 is 2.09 bits per heavy atom. The molecular formula is C15H18F2N4O. The van der Waals surface area contributed by atoms with Crippen molar-refractivity contribution in [3.63, 3.8) is 0 Å². The van der Waals surface area contributed by atoms with E-state index in [0.29, 0.717) is 11.4 Å². The summed E-state index contributed by atoms with van der Waals surface area (Å²) in [7, 11) is 0. The van der Waals surface area contributed by atoms with Crippen molar-refractivity contribution in [3.05, 3.63) is 46.8 Å². The minimum absolute atomic E-state index is 0.0266. The number of H-pyrrole nitrogens is 1. The molecule has 1 atom stereocenters. The van der Waals surface area contributed by atoms with Crippen LogP contribution < -0.4 is 10.6 Å². The normalized spacial score (nSPS) is 12.2. The molecule has 0 fully saturated rings. The molecule has 0 aliphatic rings. The Hall–Kier alpha value is -2.28. The van der Waals surface area contributed by atoms with E-state index in [0.717, 1.165) is 11.8 Å². The average Bonchev–Trinajstić information content (AvgIpc) is 2.79. The van der Waals surface area contributed by atoms with E-state index >= 15 is 0 Å². The molecule has 0 saturated carbocycles. The minimum Gasteiger partial charge on any atom is -0.322 e.